The van der Waals surface area contributed by atoms with Crippen LogP contribution in [0.3, 0.4) is 0 Å². The fourth-order valence-corrected chi connectivity index (χ4v) is 1.77. The molecule has 1 rings (SSSR count). The van der Waals surface area contributed by atoms with Crippen molar-refractivity contribution in [3.05, 3.63) is 33.8 Å². The summed E-state index contributed by atoms with van der Waals surface area (Å²) in [6.45, 7) is 6.68. The summed E-state index contributed by atoms with van der Waals surface area (Å²) in [7, 11) is 0. The summed E-state index contributed by atoms with van der Waals surface area (Å²) in [6, 6.07) is 5.51. The van der Waals surface area contributed by atoms with Crippen molar-refractivity contribution in [3.8, 4) is 0 Å². The van der Waals surface area contributed by atoms with Crippen molar-refractivity contribution in [3.63, 3.8) is 0 Å². The average Bonchev–Trinajstić information content (AvgIpc) is 2.16. The minimum atomic E-state index is -0.163. The van der Waals surface area contributed by atoms with Crippen LogP contribution in [-0.2, 0) is 6.54 Å². The van der Waals surface area contributed by atoms with E-state index in [1.807, 2.05) is 25.1 Å². The van der Waals surface area contributed by atoms with Gasteiger partial charge in [-0.1, -0.05) is 29.3 Å². The Kier molecular flexibility index (Phi) is 4.93. The van der Waals surface area contributed by atoms with Crippen molar-refractivity contribution in [2.45, 2.75) is 38.2 Å². The number of nitrogens with one attached hydrogen (secondary N) is 1. The minimum absolute atomic E-state index is 0.0220. The molecule has 1 N–H and O–H groups in total. The van der Waals surface area contributed by atoms with Gasteiger partial charge in [0.05, 0.1) is 0 Å². The van der Waals surface area contributed by atoms with E-state index in [1.165, 1.54) is 0 Å². The molecule has 0 aliphatic heterocycles. The molecule has 0 saturated heterocycles. The van der Waals surface area contributed by atoms with Crippen LogP contribution >= 0.6 is 34.8 Å². The molecule has 90 valence electrons. The van der Waals surface area contributed by atoms with Crippen molar-refractivity contribution in [2.24, 2.45) is 0 Å². The van der Waals surface area contributed by atoms with E-state index in [4.69, 9.17) is 34.8 Å². The molecule has 0 amide bonds. The van der Waals surface area contributed by atoms with Crippen molar-refractivity contribution < 1.29 is 0 Å². The minimum Gasteiger partial charge on any atom is -0.306 e. The van der Waals surface area contributed by atoms with Gasteiger partial charge in [-0.3, -0.25) is 0 Å². The first kappa shape index (κ1) is 14.1. The molecule has 0 radical (unpaired) electrons. The van der Waals surface area contributed by atoms with Crippen LogP contribution in [0.25, 0.3) is 0 Å². The first-order valence-electron chi connectivity index (χ1n) is 5.16. The van der Waals surface area contributed by atoms with Crippen molar-refractivity contribution in [2.75, 3.05) is 0 Å². The molecule has 1 nitrogen and oxygen atoms in total. The maximum atomic E-state index is 6.09. The molecule has 0 bridgehead atoms. The molecule has 4 heteroatoms. The number of hydrogen-bond donors (Lipinski definition) is 1. The Morgan fingerprint density at radius 1 is 1.25 bits per heavy atom. The number of rotatable bonds is 4. The number of hydrogen-bond acceptors (Lipinski definition) is 1. The molecule has 0 saturated carbocycles. The zero-order valence-electron chi connectivity index (χ0n) is 9.65. The highest BCUT2D eigenvalue weighted by Gasteiger charge is 2.23. The lowest BCUT2D eigenvalue weighted by molar-refractivity contribution is 0.380. The lowest BCUT2D eigenvalue weighted by Gasteiger charge is -2.29. The molecule has 16 heavy (non-hydrogen) atoms. The zero-order valence-corrected chi connectivity index (χ0v) is 11.9. The fraction of sp³-hybridized carbons (Fsp3) is 0.500. The molecule has 1 unspecified atom stereocenters. The van der Waals surface area contributed by atoms with E-state index in [1.54, 1.807) is 0 Å². The van der Waals surface area contributed by atoms with E-state index in [-0.39, 0.29) is 10.9 Å². The van der Waals surface area contributed by atoms with Crippen LogP contribution in [0.1, 0.15) is 26.3 Å². The highest BCUT2D eigenvalue weighted by molar-refractivity contribution is 6.35. The molecular weight excluding hydrogens is 264 g/mol. The van der Waals surface area contributed by atoms with E-state index in [0.29, 0.717) is 16.6 Å². The average molecular weight is 281 g/mol. The number of benzene rings is 1. The van der Waals surface area contributed by atoms with Gasteiger partial charge < -0.3 is 5.32 Å². The normalized spacial score (nSPS) is 13.9. The summed E-state index contributed by atoms with van der Waals surface area (Å²) in [5, 5.41) is 4.74. The lowest BCUT2D eigenvalue weighted by atomic mass is 10.0. The Bertz CT molecular complexity index is 341. The third-order valence-corrected chi connectivity index (χ3v) is 4.03. The zero-order chi connectivity index (χ0) is 12.3. The summed E-state index contributed by atoms with van der Waals surface area (Å²) in [5.41, 5.74) is 0.751. The topological polar surface area (TPSA) is 12.0 Å². The van der Waals surface area contributed by atoms with Crippen LogP contribution in [0, 0.1) is 0 Å². The molecular formula is C12H16Cl3N. The first-order valence-corrected chi connectivity index (χ1v) is 6.36. The van der Waals surface area contributed by atoms with Gasteiger partial charge in [0.15, 0.2) is 0 Å². The predicted octanol–water partition coefficient (Wildman–Crippen LogP) is 4.49. The van der Waals surface area contributed by atoms with Gasteiger partial charge >= 0.3 is 0 Å². The van der Waals surface area contributed by atoms with Gasteiger partial charge in [-0.05, 0) is 32.9 Å². The standard InChI is InChI=1S/C12H16Cl3N/c1-8(13)12(2,3)16-7-9-10(14)5-4-6-11(9)15/h4-6,8,16H,7H2,1-3H3. The third kappa shape index (κ3) is 3.53. The lowest BCUT2D eigenvalue weighted by Crippen LogP contribution is -2.45. The highest BCUT2D eigenvalue weighted by Crippen LogP contribution is 2.25. The van der Waals surface area contributed by atoms with Gasteiger partial charge in [0, 0.05) is 33.1 Å². The second-order valence-electron chi connectivity index (χ2n) is 4.39. The van der Waals surface area contributed by atoms with Gasteiger partial charge in [0.25, 0.3) is 0 Å². The summed E-state index contributed by atoms with van der Waals surface area (Å²) in [4.78, 5) is 0. The Morgan fingerprint density at radius 3 is 2.19 bits per heavy atom. The summed E-state index contributed by atoms with van der Waals surface area (Å²) in [6.07, 6.45) is 0. The molecule has 1 aromatic rings. The molecule has 0 aliphatic rings. The second kappa shape index (κ2) is 5.59. The predicted molar refractivity (Wildman–Crippen MR) is 72.7 cm³/mol. The van der Waals surface area contributed by atoms with E-state index >= 15 is 0 Å². The summed E-state index contributed by atoms with van der Waals surface area (Å²) >= 11 is 18.2. The van der Waals surface area contributed by atoms with Crippen LogP contribution in [-0.4, -0.2) is 10.9 Å². The summed E-state index contributed by atoms with van der Waals surface area (Å²) in [5.74, 6) is 0. The molecule has 0 aliphatic carbocycles. The molecule has 0 fully saturated rings. The van der Waals surface area contributed by atoms with Crippen molar-refractivity contribution in [1.29, 1.82) is 0 Å². The van der Waals surface area contributed by atoms with Gasteiger partial charge in [0.2, 0.25) is 0 Å². The summed E-state index contributed by atoms with van der Waals surface area (Å²) < 4.78 is 0. The van der Waals surface area contributed by atoms with Gasteiger partial charge in [-0.25, -0.2) is 0 Å². The van der Waals surface area contributed by atoms with E-state index in [0.717, 1.165) is 5.56 Å². The Morgan fingerprint density at radius 2 is 1.75 bits per heavy atom. The van der Waals surface area contributed by atoms with Gasteiger partial charge in [0.1, 0.15) is 0 Å². The first-order chi connectivity index (χ1) is 7.34. The number of halogens is 3. The fourth-order valence-electron chi connectivity index (χ4n) is 1.16. The maximum absolute atomic E-state index is 6.09. The Balaban J connectivity index is 2.75. The van der Waals surface area contributed by atoms with Crippen LogP contribution in [0.5, 0.6) is 0 Å². The number of alkyl halides is 1. The van der Waals surface area contributed by atoms with Crippen LogP contribution in [0.15, 0.2) is 18.2 Å². The molecule has 1 aromatic carbocycles. The van der Waals surface area contributed by atoms with Crippen LogP contribution in [0.2, 0.25) is 10.0 Å². The highest BCUT2D eigenvalue weighted by atomic mass is 35.5. The van der Waals surface area contributed by atoms with Gasteiger partial charge in [-0.2, -0.15) is 0 Å². The second-order valence-corrected chi connectivity index (χ2v) is 5.86. The quantitative estimate of drug-likeness (QED) is 0.801. The van der Waals surface area contributed by atoms with Gasteiger partial charge in [-0.15, -0.1) is 11.6 Å². The Labute approximate surface area is 112 Å². The maximum Gasteiger partial charge on any atom is 0.0484 e. The van der Waals surface area contributed by atoms with E-state index in [2.05, 4.69) is 19.2 Å². The van der Waals surface area contributed by atoms with Crippen molar-refractivity contribution >= 4 is 34.8 Å². The molecule has 0 aromatic heterocycles. The molecule has 0 spiro atoms. The Hall–Kier alpha value is 0.0500. The van der Waals surface area contributed by atoms with Crippen molar-refractivity contribution in [1.82, 2.24) is 5.32 Å². The van der Waals surface area contributed by atoms with Crippen LogP contribution in [0.4, 0.5) is 0 Å². The van der Waals surface area contributed by atoms with E-state index < -0.39 is 0 Å². The largest absolute Gasteiger partial charge is 0.306 e. The smallest absolute Gasteiger partial charge is 0.0484 e. The van der Waals surface area contributed by atoms with E-state index in [9.17, 15) is 0 Å². The SMILES string of the molecule is CC(Cl)C(C)(C)NCc1c(Cl)cccc1Cl. The molecule has 0 heterocycles. The molecule has 1 atom stereocenters. The van der Waals surface area contributed by atoms with Crippen LogP contribution < -0.4 is 5.32 Å². The monoisotopic (exact) mass is 279 g/mol. The third-order valence-electron chi connectivity index (χ3n) is 2.78.